The quantitative estimate of drug-likeness (QED) is 0.474. The van der Waals surface area contributed by atoms with E-state index in [0.29, 0.717) is 0 Å². The van der Waals surface area contributed by atoms with Gasteiger partial charge >= 0.3 is 0 Å². The summed E-state index contributed by atoms with van der Waals surface area (Å²) in [7, 11) is 1.67. The van der Waals surface area contributed by atoms with Crippen LogP contribution in [0.5, 0.6) is 5.75 Å². The van der Waals surface area contributed by atoms with Gasteiger partial charge in [-0.25, -0.2) is 4.98 Å². The number of rotatable bonds is 6. The van der Waals surface area contributed by atoms with Crippen molar-refractivity contribution in [1.82, 2.24) is 9.88 Å². The first-order valence-electron chi connectivity index (χ1n) is 9.73. The van der Waals surface area contributed by atoms with Gasteiger partial charge in [0.25, 0.3) is 5.91 Å². The van der Waals surface area contributed by atoms with Gasteiger partial charge in [0.2, 0.25) is 0 Å². The highest BCUT2D eigenvalue weighted by molar-refractivity contribution is 7.98. The molecule has 1 saturated heterocycles. The molecule has 0 N–H and O–H groups in total. The number of hydrogen-bond acceptors (Lipinski definition) is 5. The minimum Gasteiger partial charge on any atom is -0.497 e. The third kappa shape index (κ3) is 4.65. The summed E-state index contributed by atoms with van der Waals surface area (Å²) in [4.78, 5) is 20.8. The molecule has 0 spiro atoms. The Bertz CT molecular complexity index is 967. The molecule has 0 saturated carbocycles. The Labute approximate surface area is 179 Å². The molecule has 6 heteroatoms. The van der Waals surface area contributed by atoms with Crippen molar-refractivity contribution in [2.45, 2.75) is 36.5 Å². The third-order valence-corrected chi connectivity index (χ3v) is 7.04. The van der Waals surface area contributed by atoms with Crippen molar-refractivity contribution in [2.24, 2.45) is 0 Å². The molecule has 1 amide bonds. The number of carbonyl (C=O) groups excluding carboxylic acids is 1. The van der Waals surface area contributed by atoms with E-state index in [1.165, 1.54) is 5.56 Å². The maximum absolute atomic E-state index is 13.1. The smallest absolute Gasteiger partial charge is 0.254 e. The number of benzene rings is 2. The van der Waals surface area contributed by atoms with Crippen molar-refractivity contribution in [3.8, 4) is 5.75 Å². The molecular formula is C23H24N2O2S2. The second kappa shape index (κ2) is 9.01. The first-order valence-corrected chi connectivity index (χ1v) is 11.6. The van der Waals surface area contributed by atoms with Gasteiger partial charge in [0.15, 0.2) is 0 Å². The SMILES string of the molecule is COc1ccc(C2CCCN2C(=O)c2ccc(SCc3csc(C)n3)cc2)cc1. The van der Waals surface area contributed by atoms with Crippen LogP contribution in [0.15, 0.2) is 58.8 Å². The van der Waals surface area contributed by atoms with Crippen molar-refractivity contribution in [2.75, 3.05) is 13.7 Å². The molecule has 0 aliphatic carbocycles. The predicted molar refractivity (Wildman–Crippen MR) is 119 cm³/mol. The van der Waals surface area contributed by atoms with Gasteiger partial charge in [-0.05, 0) is 61.7 Å². The molecule has 1 fully saturated rings. The van der Waals surface area contributed by atoms with Crippen LogP contribution in [0, 0.1) is 6.92 Å². The van der Waals surface area contributed by atoms with Crippen LogP contribution in [0.2, 0.25) is 0 Å². The zero-order chi connectivity index (χ0) is 20.2. The lowest BCUT2D eigenvalue weighted by atomic mass is 10.0. The van der Waals surface area contributed by atoms with E-state index in [1.54, 1.807) is 30.2 Å². The summed E-state index contributed by atoms with van der Waals surface area (Å²) in [6, 6.07) is 16.2. The summed E-state index contributed by atoms with van der Waals surface area (Å²) < 4.78 is 5.25. The van der Waals surface area contributed by atoms with Gasteiger partial charge in [-0.3, -0.25) is 4.79 Å². The van der Waals surface area contributed by atoms with Crippen molar-refractivity contribution in [1.29, 1.82) is 0 Å². The topological polar surface area (TPSA) is 42.4 Å². The number of aromatic nitrogens is 1. The molecule has 3 aromatic rings. The Morgan fingerprint density at radius 2 is 1.97 bits per heavy atom. The lowest BCUT2D eigenvalue weighted by Gasteiger charge is -2.25. The summed E-state index contributed by atoms with van der Waals surface area (Å²) in [5.41, 5.74) is 3.03. The number of methoxy groups -OCH3 is 1. The second-order valence-electron chi connectivity index (χ2n) is 7.10. The molecule has 2 aromatic carbocycles. The van der Waals surface area contributed by atoms with Crippen molar-refractivity contribution >= 4 is 29.0 Å². The fourth-order valence-corrected chi connectivity index (χ4v) is 5.18. The van der Waals surface area contributed by atoms with Crippen LogP contribution in [-0.4, -0.2) is 29.4 Å². The number of amides is 1. The van der Waals surface area contributed by atoms with Crippen LogP contribution >= 0.6 is 23.1 Å². The van der Waals surface area contributed by atoms with E-state index >= 15 is 0 Å². The predicted octanol–water partition coefficient (Wildman–Crippen LogP) is 5.73. The maximum Gasteiger partial charge on any atom is 0.254 e. The van der Waals surface area contributed by atoms with E-state index in [2.05, 4.69) is 22.5 Å². The lowest BCUT2D eigenvalue weighted by Crippen LogP contribution is -2.30. The normalized spacial score (nSPS) is 16.2. The van der Waals surface area contributed by atoms with Gasteiger partial charge in [-0.2, -0.15) is 0 Å². The molecule has 2 heterocycles. The average Bonchev–Trinajstić information content (AvgIpc) is 3.41. The van der Waals surface area contributed by atoms with Gasteiger partial charge in [-0.1, -0.05) is 12.1 Å². The lowest BCUT2D eigenvalue weighted by molar-refractivity contribution is 0.0735. The van der Waals surface area contributed by atoms with Gasteiger partial charge in [0.1, 0.15) is 5.75 Å². The van der Waals surface area contributed by atoms with Crippen LogP contribution in [0.3, 0.4) is 0 Å². The number of thiazole rings is 1. The number of nitrogens with zero attached hydrogens (tertiary/aromatic N) is 2. The maximum atomic E-state index is 13.1. The minimum absolute atomic E-state index is 0.106. The molecule has 1 atom stereocenters. The summed E-state index contributed by atoms with van der Waals surface area (Å²) in [5, 5.41) is 3.20. The van der Waals surface area contributed by atoms with E-state index in [0.717, 1.165) is 52.0 Å². The fourth-order valence-electron chi connectivity index (χ4n) is 3.67. The molecule has 4 nitrogen and oxygen atoms in total. The van der Waals surface area contributed by atoms with Crippen molar-refractivity contribution < 1.29 is 9.53 Å². The zero-order valence-electron chi connectivity index (χ0n) is 16.6. The molecule has 4 rings (SSSR count). The fraction of sp³-hybridized carbons (Fsp3) is 0.304. The third-order valence-electron chi connectivity index (χ3n) is 5.17. The first kappa shape index (κ1) is 20.0. The summed E-state index contributed by atoms with van der Waals surface area (Å²) in [5.74, 6) is 1.80. The Balaban J connectivity index is 1.42. The van der Waals surface area contributed by atoms with E-state index in [4.69, 9.17) is 4.74 Å². The highest BCUT2D eigenvalue weighted by Gasteiger charge is 2.30. The van der Waals surface area contributed by atoms with Gasteiger partial charge in [-0.15, -0.1) is 23.1 Å². The molecule has 1 aromatic heterocycles. The Hall–Kier alpha value is -2.31. The summed E-state index contributed by atoms with van der Waals surface area (Å²) in [6.45, 7) is 2.83. The van der Waals surface area contributed by atoms with Crippen molar-refractivity contribution in [3.05, 3.63) is 75.7 Å². The van der Waals surface area contributed by atoms with Gasteiger partial charge in [0.05, 0.1) is 23.9 Å². The number of likely N-dealkylation sites (tertiary alicyclic amines) is 1. The number of ether oxygens (including phenoxy) is 1. The van der Waals surface area contributed by atoms with E-state index in [9.17, 15) is 4.79 Å². The highest BCUT2D eigenvalue weighted by atomic mass is 32.2. The van der Waals surface area contributed by atoms with Crippen LogP contribution < -0.4 is 4.74 Å². The van der Waals surface area contributed by atoms with Crippen LogP contribution in [-0.2, 0) is 5.75 Å². The Morgan fingerprint density at radius 1 is 1.21 bits per heavy atom. The minimum atomic E-state index is 0.106. The number of aryl methyl sites for hydroxylation is 1. The molecule has 1 aliphatic rings. The second-order valence-corrected chi connectivity index (χ2v) is 9.21. The first-order chi connectivity index (χ1) is 14.1. The van der Waals surface area contributed by atoms with E-state index in [-0.39, 0.29) is 11.9 Å². The highest BCUT2D eigenvalue weighted by Crippen LogP contribution is 2.34. The molecule has 1 unspecified atom stereocenters. The van der Waals surface area contributed by atoms with Gasteiger partial charge in [0, 0.05) is 28.1 Å². The molecule has 29 heavy (non-hydrogen) atoms. The van der Waals surface area contributed by atoms with E-state index < -0.39 is 0 Å². The van der Waals surface area contributed by atoms with Crippen LogP contribution in [0.4, 0.5) is 0 Å². The Morgan fingerprint density at radius 3 is 2.62 bits per heavy atom. The molecule has 1 aliphatic heterocycles. The van der Waals surface area contributed by atoms with Crippen LogP contribution in [0.25, 0.3) is 0 Å². The molecule has 150 valence electrons. The average molecular weight is 425 g/mol. The monoisotopic (exact) mass is 424 g/mol. The largest absolute Gasteiger partial charge is 0.497 e. The number of carbonyl (C=O) groups is 1. The molecule has 0 bridgehead atoms. The zero-order valence-corrected chi connectivity index (χ0v) is 18.3. The van der Waals surface area contributed by atoms with Crippen molar-refractivity contribution in [3.63, 3.8) is 0 Å². The molecular weight excluding hydrogens is 400 g/mol. The van der Waals surface area contributed by atoms with E-state index in [1.807, 2.05) is 48.2 Å². The summed E-state index contributed by atoms with van der Waals surface area (Å²) in [6.07, 6.45) is 2.03. The Kier molecular flexibility index (Phi) is 6.21. The van der Waals surface area contributed by atoms with Crippen LogP contribution in [0.1, 0.15) is 45.5 Å². The number of thioether (sulfide) groups is 1. The number of hydrogen-bond donors (Lipinski definition) is 0. The van der Waals surface area contributed by atoms with Gasteiger partial charge < -0.3 is 9.64 Å². The standard InChI is InChI=1S/C23H24N2O2S2/c1-16-24-19(14-28-16)15-29-21-11-7-18(8-12-21)23(26)25-13-3-4-22(25)17-5-9-20(27-2)10-6-17/h5-12,14,22H,3-4,13,15H2,1-2H3. The summed E-state index contributed by atoms with van der Waals surface area (Å²) >= 11 is 3.43. The molecule has 0 radical (unpaired) electrons.